The smallest absolute Gasteiger partial charge is 0.338 e. The number of aldehydes is 1. The quantitative estimate of drug-likeness (QED) is 0.184. The van der Waals surface area contributed by atoms with Gasteiger partial charge in [0.1, 0.15) is 18.5 Å². The summed E-state index contributed by atoms with van der Waals surface area (Å²) >= 11 is 6.50. The van der Waals surface area contributed by atoms with Gasteiger partial charge in [0.25, 0.3) is 0 Å². The maximum Gasteiger partial charge on any atom is 0.338 e. The van der Waals surface area contributed by atoms with E-state index in [2.05, 4.69) is 45.0 Å². The molecule has 6 nitrogen and oxygen atoms in total. The number of halogens is 2. The van der Waals surface area contributed by atoms with Crippen LogP contribution in [0.4, 0.5) is 0 Å². The first-order valence-electron chi connectivity index (χ1n) is 11.5. The lowest BCUT2D eigenvalue weighted by atomic mass is 10.1. The van der Waals surface area contributed by atoms with Crippen LogP contribution in [0.1, 0.15) is 59.2 Å². The number of carbonyl (C=O) groups is 3. The lowest BCUT2D eigenvalue weighted by Gasteiger charge is -2.17. The van der Waals surface area contributed by atoms with Crippen molar-refractivity contribution >= 4 is 50.1 Å². The first-order valence-corrected chi connectivity index (χ1v) is 13.1. The van der Waals surface area contributed by atoms with Crippen LogP contribution in [-0.4, -0.2) is 42.1 Å². The fourth-order valence-corrected chi connectivity index (χ4v) is 3.78. The number of hydrogen-bond acceptors (Lipinski definition) is 6. The molecule has 0 heterocycles. The highest BCUT2D eigenvalue weighted by Crippen LogP contribution is 2.19. The van der Waals surface area contributed by atoms with Gasteiger partial charge >= 0.3 is 11.9 Å². The molecule has 36 heavy (non-hydrogen) atoms. The second-order valence-electron chi connectivity index (χ2n) is 7.84. The minimum Gasteiger partial charge on any atom is -0.458 e. The average Bonchev–Trinajstić information content (AvgIpc) is 2.86. The molecule has 0 fully saturated rings. The number of carbonyl (C=O) groups excluding carboxylic acids is 3. The first kappa shape index (κ1) is 31.5. The Kier molecular flexibility index (Phi) is 16.3. The number of benzene rings is 2. The first-order chi connectivity index (χ1) is 17.3. The standard InChI is InChI=1S/C14H17BrO3.C14H15BrO3/c2*1-11(15)10-13(8-5-9-16)18-14(17)12-6-3-2-4-7-12/h2-4,6-7,13,16H,1,5,8-10H2;2-4,6-7,9,13H,1,5,8,10H2/t2*13-/m11/s1. The zero-order chi connectivity index (χ0) is 26.8. The van der Waals surface area contributed by atoms with Gasteiger partial charge in [0.05, 0.1) is 11.1 Å². The van der Waals surface area contributed by atoms with E-state index >= 15 is 0 Å². The minimum atomic E-state index is -0.375. The topological polar surface area (TPSA) is 89.9 Å². The molecule has 0 unspecified atom stereocenters. The van der Waals surface area contributed by atoms with Crippen LogP contribution in [0.3, 0.4) is 0 Å². The summed E-state index contributed by atoms with van der Waals surface area (Å²) in [6.07, 6.45) is 3.41. The Labute approximate surface area is 229 Å². The minimum absolute atomic E-state index is 0.0914. The molecule has 0 radical (unpaired) electrons. The van der Waals surface area contributed by atoms with Gasteiger partial charge in [-0.3, -0.25) is 0 Å². The summed E-state index contributed by atoms with van der Waals surface area (Å²) in [5.41, 5.74) is 1.04. The van der Waals surface area contributed by atoms with Gasteiger partial charge in [0, 0.05) is 25.9 Å². The van der Waals surface area contributed by atoms with E-state index in [9.17, 15) is 14.4 Å². The van der Waals surface area contributed by atoms with Gasteiger partial charge in [-0.25, -0.2) is 9.59 Å². The molecular formula is C28H32Br2O6. The van der Waals surface area contributed by atoms with E-state index < -0.39 is 0 Å². The van der Waals surface area contributed by atoms with E-state index in [0.717, 1.165) is 15.3 Å². The number of aliphatic hydroxyl groups excluding tert-OH is 1. The highest BCUT2D eigenvalue weighted by atomic mass is 79.9. The molecule has 0 bridgehead atoms. The summed E-state index contributed by atoms with van der Waals surface area (Å²) in [4.78, 5) is 34.1. The lowest BCUT2D eigenvalue weighted by Crippen LogP contribution is -2.19. The average molecular weight is 624 g/mol. The van der Waals surface area contributed by atoms with Crippen LogP contribution in [0, 0.1) is 0 Å². The van der Waals surface area contributed by atoms with E-state index in [1.165, 1.54) is 0 Å². The molecule has 8 heteroatoms. The van der Waals surface area contributed by atoms with Crippen LogP contribution in [0.2, 0.25) is 0 Å². The summed E-state index contributed by atoms with van der Waals surface area (Å²) in [5, 5.41) is 8.83. The Morgan fingerprint density at radius 1 is 0.806 bits per heavy atom. The molecule has 2 atom stereocenters. The van der Waals surface area contributed by atoms with Crippen LogP contribution in [-0.2, 0) is 14.3 Å². The highest BCUT2D eigenvalue weighted by molar-refractivity contribution is 9.12. The lowest BCUT2D eigenvalue weighted by molar-refractivity contribution is -0.108. The molecule has 2 aromatic carbocycles. The van der Waals surface area contributed by atoms with Crippen molar-refractivity contribution in [2.24, 2.45) is 0 Å². The Morgan fingerprint density at radius 2 is 1.22 bits per heavy atom. The summed E-state index contributed by atoms with van der Waals surface area (Å²) in [6.45, 7) is 7.56. The second-order valence-corrected chi connectivity index (χ2v) is 10.1. The van der Waals surface area contributed by atoms with Gasteiger partial charge in [-0.05, 0) is 52.5 Å². The van der Waals surface area contributed by atoms with Crippen molar-refractivity contribution in [1.82, 2.24) is 0 Å². The van der Waals surface area contributed by atoms with Gasteiger partial charge in [-0.1, -0.05) is 81.4 Å². The summed E-state index contributed by atoms with van der Waals surface area (Å²) in [5.74, 6) is -0.715. The fraction of sp³-hybridized carbons (Fsp3) is 0.321. The number of esters is 2. The van der Waals surface area contributed by atoms with Gasteiger partial charge in [0.2, 0.25) is 0 Å². The number of rotatable bonds is 14. The molecule has 0 aliphatic rings. The molecule has 2 aromatic rings. The Bertz CT molecular complexity index is 963. The SMILES string of the molecule is C=C(Br)C[C@@H](CCC=O)OC(=O)c1ccccc1.C=C(Br)C[C@@H](CCCO)OC(=O)c1ccccc1. The van der Waals surface area contributed by atoms with E-state index in [1.807, 2.05) is 12.1 Å². The van der Waals surface area contributed by atoms with Gasteiger partial charge in [-0.2, -0.15) is 0 Å². The monoisotopic (exact) mass is 622 g/mol. The molecule has 0 amide bonds. The summed E-state index contributed by atoms with van der Waals surface area (Å²) in [6, 6.07) is 17.7. The van der Waals surface area contributed by atoms with Gasteiger partial charge in [-0.15, -0.1) is 0 Å². The van der Waals surface area contributed by atoms with Crippen molar-refractivity contribution < 1.29 is 29.0 Å². The van der Waals surface area contributed by atoms with E-state index in [4.69, 9.17) is 14.6 Å². The largest absolute Gasteiger partial charge is 0.458 e. The Balaban J connectivity index is 0.000000360. The molecule has 2 rings (SSSR count). The van der Waals surface area contributed by atoms with Crippen molar-refractivity contribution in [3.63, 3.8) is 0 Å². The van der Waals surface area contributed by atoms with E-state index in [-0.39, 0.29) is 30.8 Å². The molecule has 1 N–H and O–H groups in total. The predicted octanol–water partition coefficient (Wildman–Crippen LogP) is 6.77. The third kappa shape index (κ3) is 14.1. The molecular weight excluding hydrogens is 592 g/mol. The Hall–Kier alpha value is -2.55. The molecule has 0 saturated heterocycles. The predicted molar refractivity (Wildman–Crippen MR) is 148 cm³/mol. The third-order valence-corrected chi connectivity index (χ3v) is 5.40. The van der Waals surface area contributed by atoms with E-state index in [1.54, 1.807) is 48.5 Å². The number of aliphatic hydroxyl groups is 1. The Morgan fingerprint density at radius 3 is 1.58 bits per heavy atom. The molecule has 0 aliphatic heterocycles. The van der Waals surface area contributed by atoms with Crippen LogP contribution < -0.4 is 0 Å². The normalized spacial score (nSPS) is 11.8. The van der Waals surface area contributed by atoms with Crippen molar-refractivity contribution in [2.75, 3.05) is 6.61 Å². The third-order valence-electron chi connectivity index (χ3n) is 4.76. The van der Waals surface area contributed by atoms with Gasteiger partial charge < -0.3 is 19.4 Å². The highest BCUT2D eigenvalue weighted by Gasteiger charge is 2.17. The van der Waals surface area contributed by atoms with Crippen LogP contribution >= 0.6 is 31.9 Å². The summed E-state index contributed by atoms with van der Waals surface area (Å²) in [7, 11) is 0. The fourth-order valence-electron chi connectivity index (χ4n) is 3.06. The molecule has 0 saturated carbocycles. The molecule has 194 valence electrons. The zero-order valence-corrected chi connectivity index (χ0v) is 23.3. The second kappa shape index (κ2) is 18.7. The van der Waals surface area contributed by atoms with Crippen molar-refractivity contribution in [2.45, 2.75) is 50.7 Å². The molecule has 0 aromatic heterocycles. The van der Waals surface area contributed by atoms with E-state index in [0.29, 0.717) is 49.7 Å². The van der Waals surface area contributed by atoms with Crippen molar-refractivity contribution in [3.05, 3.63) is 93.9 Å². The van der Waals surface area contributed by atoms with Crippen LogP contribution in [0.5, 0.6) is 0 Å². The summed E-state index contributed by atoms with van der Waals surface area (Å²) < 4.78 is 12.3. The maximum atomic E-state index is 11.9. The van der Waals surface area contributed by atoms with Crippen LogP contribution in [0.15, 0.2) is 82.8 Å². The molecule has 0 spiro atoms. The molecule has 0 aliphatic carbocycles. The zero-order valence-electron chi connectivity index (χ0n) is 20.1. The van der Waals surface area contributed by atoms with Crippen molar-refractivity contribution in [3.8, 4) is 0 Å². The number of hydrogen-bond donors (Lipinski definition) is 1. The number of ether oxygens (including phenoxy) is 2. The van der Waals surface area contributed by atoms with Crippen LogP contribution in [0.25, 0.3) is 0 Å². The maximum absolute atomic E-state index is 11.9. The van der Waals surface area contributed by atoms with Crippen molar-refractivity contribution in [1.29, 1.82) is 0 Å². The van der Waals surface area contributed by atoms with Gasteiger partial charge in [0.15, 0.2) is 0 Å².